The van der Waals surface area contributed by atoms with E-state index in [-0.39, 0.29) is 46.2 Å². The smallest absolute Gasteiger partial charge is 0.484 e. The highest BCUT2D eigenvalue weighted by Crippen LogP contribution is 2.39. The van der Waals surface area contributed by atoms with Crippen molar-refractivity contribution in [3.63, 3.8) is 0 Å². The van der Waals surface area contributed by atoms with Gasteiger partial charge in [0.25, 0.3) is 11.5 Å². The third kappa shape index (κ3) is 8.25. The van der Waals surface area contributed by atoms with Crippen LogP contribution in [0.4, 0.5) is 36.4 Å². The maximum atomic E-state index is 14.5. The molecule has 0 saturated heterocycles. The van der Waals surface area contributed by atoms with E-state index in [9.17, 15) is 45.1 Å². The van der Waals surface area contributed by atoms with Crippen molar-refractivity contribution in [1.82, 2.24) is 20.1 Å². The molecule has 4 rings (SSSR count). The number of pyridine rings is 1. The van der Waals surface area contributed by atoms with E-state index in [1.54, 1.807) is 0 Å². The normalized spacial score (nSPS) is 12.5. The Morgan fingerprint density at radius 3 is 2.32 bits per heavy atom. The van der Waals surface area contributed by atoms with Crippen molar-refractivity contribution in [2.75, 3.05) is 26.1 Å². The van der Waals surface area contributed by atoms with Crippen LogP contribution in [0.3, 0.4) is 0 Å². The van der Waals surface area contributed by atoms with Gasteiger partial charge in [0.1, 0.15) is 17.6 Å². The lowest BCUT2D eigenvalue weighted by Crippen LogP contribution is -2.37. The Balaban J connectivity index is 1.71. The SMILES string of the molecule is COCC[C@@H](C(=O)Nc1ccc(C(=O)NC(F)(F)F)c(F)c1)n1cc(OC)c(-c2cc(Cl)ccc2-c2nnc(C(F)(F)F)o2)cc1=O. The predicted molar refractivity (Wildman–Crippen MR) is 150 cm³/mol. The molecule has 250 valence electrons. The molecule has 2 heterocycles. The van der Waals surface area contributed by atoms with Gasteiger partial charge in [0.15, 0.2) is 0 Å². The van der Waals surface area contributed by atoms with E-state index in [1.165, 1.54) is 32.4 Å². The van der Waals surface area contributed by atoms with Crippen LogP contribution >= 0.6 is 11.6 Å². The van der Waals surface area contributed by atoms with Crippen LogP contribution in [0, 0.1) is 5.82 Å². The number of nitrogens with one attached hydrogen (secondary N) is 2. The lowest BCUT2D eigenvalue weighted by atomic mass is 9.99. The number of carbonyl (C=O) groups excluding carboxylic acids is 2. The molecule has 0 fully saturated rings. The van der Waals surface area contributed by atoms with Gasteiger partial charge in [0.2, 0.25) is 11.8 Å². The van der Waals surface area contributed by atoms with E-state index in [4.69, 9.17) is 25.5 Å². The largest absolute Gasteiger partial charge is 0.495 e. The number of hydrogen-bond acceptors (Lipinski definition) is 8. The first-order valence-electron chi connectivity index (χ1n) is 13.0. The summed E-state index contributed by atoms with van der Waals surface area (Å²) in [6.45, 7) is -0.0589. The second-order valence-electron chi connectivity index (χ2n) is 9.53. The molecule has 0 aliphatic rings. The summed E-state index contributed by atoms with van der Waals surface area (Å²) in [5, 5.41) is 9.60. The van der Waals surface area contributed by atoms with E-state index in [0.717, 1.165) is 29.0 Å². The molecule has 0 saturated carbocycles. The van der Waals surface area contributed by atoms with Gasteiger partial charge in [-0.2, -0.15) is 26.3 Å². The third-order valence-corrected chi connectivity index (χ3v) is 6.64. The summed E-state index contributed by atoms with van der Waals surface area (Å²) in [5.41, 5.74) is -1.94. The predicted octanol–water partition coefficient (Wildman–Crippen LogP) is 5.85. The van der Waals surface area contributed by atoms with Gasteiger partial charge in [-0.05, 0) is 42.0 Å². The summed E-state index contributed by atoms with van der Waals surface area (Å²) in [6, 6.07) is 5.96. The number of hydrogen-bond donors (Lipinski definition) is 2. The maximum Gasteiger partial charge on any atom is 0.484 e. The van der Waals surface area contributed by atoms with Crippen molar-refractivity contribution in [3.05, 3.63) is 81.3 Å². The Morgan fingerprint density at radius 2 is 1.72 bits per heavy atom. The van der Waals surface area contributed by atoms with Gasteiger partial charge in [-0.1, -0.05) is 11.6 Å². The summed E-state index contributed by atoms with van der Waals surface area (Å²) in [5.74, 6) is -6.22. The number of ether oxygens (including phenoxy) is 2. The summed E-state index contributed by atoms with van der Waals surface area (Å²) < 4.78 is 108. The number of rotatable bonds is 10. The van der Waals surface area contributed by atoms with Gasteiger partial charge < -0.3 is 19.2 Å². The minimum atomic E-state index is -5.10. The maximum absolute atomic E-state index is 14.5. The summed E-state index contributed by atoms with van der Waals surface area (Å²) in [4.78, 5) is 38.5. The Morgan fingerprint density at radius 1 is 1.00 bits per heavy atom. The Labute approximate surface area is 264 Å². The van der Waals surface area contributed by atoms with Crippen LogP contribution in [0.25, 0.3) is 22.6 Å². The molecule has 2 aromatic carbocycles. The molecule has 47 heavy (non-hydrogen) atoms. The Kier molecular flexibility index (Phi) is 10.2. The van der Waals surface area contributed by atoms with Crippen molar-refractivity contribution >= 4 is 29.1 Å². The number of amides is 2. The average molecular weight is 692 g/mol. The van der Waals surface area contributed by atoms with Gasteiger partial charge in [0.05, 0.1) is 18.9 Å². The fourth-order valence-electron chi connectivity index (χ4n) is 4.34. The number of alkyl halides is 6. The van der Waals surface area contributed by atoms with Crippen LogP contribution in [0.1, 0.15) is 28.7 Å². The molecule has 2 amide bonds. The number of carbonyl (C=O) groups is 2. The van der Waals surface area contributed by atoms with E-state index in [2.05, 4.69) is 15.5 Å². The van der Waals surface area contributed by atoms with Crippen LogP contribution in [0.2, 0.25) is 5.02 Å². The van der Waals surface area contributed by atoms with Crippen LogP contribution in [-0.4, -0.2) is 53.7 Å². The molecule has 11 nitrogen and oxygen atoms in total. The first kappa shape index (κ1) is 34.9. The topological polar surface area (TPSA) is 138 Å². The van der Waals surface area contributed by atoms with Crippen LogP contribution in [-0.2, 0) is 15.7 Å². The van der Waals surface area contributed by atoms with Crippen LogP contribution < -0.4 is 20.9 Å². The van der Waals surface area contributed by atoms with Crippen molar-refractivity contribution < 1.29 is 54.2 Å². The molecular formula is C28H21ClF7N5O6. The standard InChI is InChI=1S/C28H21ClF7N5O6/c1-45-8-7-20(24(44)37-14-4-6-16(19(30)10-14)23(43)38-28(34,35)36)41-12-21(46-2)18(11-22(41)42)17-9-13(29)3-5-15(17)25-39-40-26(47-25)27(31,32)33/h3-6,9-12,20H,7-8H2,1-2H3,(H,37,44)(H,38,43)/t20-/m0/s1. The third-order valence-electron chi connectivity index (χ3n) is 6.40. The highest BCUT2D eigenvalue weighted by Gasteiger charge is 2.38. The molecule has 2 aromatic heterocycles. The van der Waals surface area contributed by atoms with E-state index in [0.29, 0.717) is 11.4 Å². The zero-order valence-electron chi connectivity index (χ0n) is 23.9. The first-order valence-corrected chi connectivity index (χ1v) is 13.4. The summed E-state index contributed by atoms with van der Waals surface area (Å²) in [6.07, 6.45) is -9.01. The summed E-state index contributed by atoms with van der Waals surface area (Å²) in [7, 11) is 2.54. The number of aromatic nitrogens is 3. The Bertz CT molecular complexity index is 1860. The van der Waals surface area contributed by atoms with Crippen LogP contribution in [0.15, 0.2) is 57.9 Å². The molecule has 0 aliphatic heterocycles. The lowest BCUT2D eigenvalue weighted by Gasteiger charge is -2.21. The van der Waals surface area contributed by atoms with Gasteiger partial charge in [-0.3, -0.25) is 24.3 Å². The number of nitrogens with zero attached hydrogens (tertiary/aromatic N) is 3. The molecule has 1 atom stereocenters. The van der Waals surface area contributed by atoms with E-state index < -0.39 is 59.1 Å². The lowest BCUT2D eigenvalue weighted by molar-refractivity contribution is -0.157. The number of benzene rings is 2. The molecule has 0 radical (unpaired) electrons. The highest BCUT2D eigenvalue weighted by atomic mass is 35.5. The number of anilines is 1. The molecule has 2 N–H and O–H groups in total. The average Bonchev–Trinajstić information content (AvgIpc) is 3.48. The van der Waals surface area contributed by atoms with E-state index >= 15 is 0 Å². The van der Waals surface area contributed by atoms with Gasteiger partial charge >= 0.3 is 18.4 Å². The second kappa shape index (κ2) is 13.8. The van der Waals surface area contributed by atoms with Crippen molar-refractivity contribution in [2.45, 2.75) is 24.9 Å². The fraction of sp³-hybridized carbons (Fsp3) is 0.250. The van der Waals surface area contributed by atoms with Crippen molar-refractivity contribution in [3.8, 4) is 28.3 Å². The van der Waals surface area contributed by atoms with Gasteiger partial charge in [0, 0.05) is 48.0 Å². The minimum Gasteiger partial charge on any atom is -0.495 e. The Hall–Kier alpha value is -4.97. The van der Waals surface area contributed by atoms with Crippen molar-refractivity contribution in [1.29, 1.82) is 0 Å². The molecule has 4 aromatic rings. The molecule has 0 unspecified atom stereocenters. The molecule has 0 bridgehead atoms. The number of methoxy groups -OCH3 is 2. The molecule has 19 heteroatoms. The second-order valence-corrected chi connectivity index (χ2v) is 9.97. The van der Waals surface area contributed by atoms with Gasteiger partial charge in [-0.25, -0.2) is 4.39 Å². The first-order chi connectivity index (χ1) is 22.0. The fourth-order valence-corrected chi connectivity index (χ4v) is 4.51. The van der Waals surface area contributed by atoms with Crippen LogP contribution in [0.5, 0.6) is 5.75 Å². The van der Waals surface area contributed by atoms with Gasteiger partial charge in [-0.15, -0.1) is 10.2 Å². The molecule has 0 spiro atoms. The van der Waals surface area contributed by atoms with E-state index in [1.807, 2.05) is 0 Å². The molecule has 0 aliphatic carbocycles. The van der Waals surface area contributed by atoms with Crippen molar-refractivity contribution in [2.24, 2.45) is 0 Å². The monoisotopic (exact) mass is 691 g/mol. The highest BCUT2D eigenvalue weighted by molar-refractivity contribution is 6.31. The zero-order chi connectivity index (χ0) is 34.7. The molecular weight excluding hydrogens is 671 g/mol. The quantitative estimate of drug-likeness (QED) is 0.156. The summed E-state index contributed by atoms with van der Waals surface area (Å²) >= 11 is 6.15. The number of halogens is 8. The zero-order valence-corrected chi connectivity index (χ0v) is 24.7. The minimum absolute atomic E-state index is 0.0266.